The van der Waals surface area contributed by atoms with Crippen molar-refractivity contribution in [3.05, 3.63) is 29.3 Å². The van der Waals surface area contributed by atoms with Crippen molar-refractivity contribution in [2.45, 2.75) is 50.8 Å². The van der Waals surface area contributed by atoms with E-state index in [1.54, 1.807) is 38.1 Å². The number of rotatable bonds is 5. The van der Waals surface area contributed by atoms with Gasteiger partial charge in [0.2, 0.25) is 0 Å². The van der Waals surface area contributed by atoms with E-state index in [1.165, 1.54) is 0 Å². The number of sulfone groups is 1. The van der Waals surface area contributed by atoms with Crippen molar-refractivity contribution in [2.75, 3.05) is 24.6 Å². The fraction of sp³-hybridized carbons (Fsp3) is 0.632. The van der Waals surface area contributed by atoms with Crippen LogP contribution >= 0.6 is 11.6 Å². The van der Waals surface area contributed by atoms with Gasteiger partial charge in [-0.05, 0) is 57.4 Å². The molecule has 0 radical (unpaired) electrons. The van der Waals surface area contributed by atoms with Crippen molar-refractivity contribution in [2.24, 2.45) is 0 Å². The maximum absolute atomic E-state index is 12.7. The van der Waals surface area contributed by atoms with Crippen LogP contribution in [-0.2, 0) is 14.6 Å². The SMILES string of the molecule is CC(C)(Oc1ccc(Cl)cc1)C(=O)NC1CCN([C@H]2CCS(=O)(=O)C2)CC1. The molecule has 1 N–H and O–H groups in total. The molecule has 2 aliphatic rings. The molecule has 8 heteroatoms. The molecule has 2 aliphatic heterocycles. The van der Waals surface area contributed by atoms with Gasteiger partial charge in [-0.2, -0.15) is 0 Å². The van der Waals surface area contributed by atoms with Crippen molar-refractivity contribution in [3.8, 4) is 5.75 Å². The highest BCUT2D eigenvalue weighted by molar-refractivity contribution is 7.91. The first kappa shape index (κ1) is 20.4. The Kier molecular flexibility index (Phi) is 6.03. The largest absolute Gasteiger partial charge is 0.478 e. The van der Waals surface area contributed by atoms with Gasteiger partial charge in [-0.3, -0.25) is 9.69 Å². The minimum atomic E-state index is -2.87. The number of hydrogen-bond donors (Lipinski definition) is 1. The molecule has 3 rings (SSSR count). The molecule has 1 aromatic rings. The highest BCUT2D eigenvalue weighted by atomic mass is 35.5. The number of amides is 1. The third-order valence-corrected chi connectivity index (χ3v) is 7.33. The lowest BCUT2D eigenvalue weighted by Gasteiger charge is -2.37. The molecule has 0 saturated carbocycles. The molecule has 2 heterocycles. The number of halogens is 1. The molecule has 0 spiro atoms. The Morgan fingerprint density at radius 2 is 1.81 bits per heavy atom. The quantitative estimate of drug-likeness (QED) is 0.799. The van der Waals surface area contributed by atoms with E-state index in [1.807, 2.05) is 0 Å². The average molecular weight is 415 g/mol. The number of nitrogens with one attached hydrogen (secondary N) is 1. The van der Waals surface area contributed by atoms with Gasteiger partial charge in [-0.25, -0.2) is 8.42 Å². The number of ether oxygens (including phenoxy) is 1. The summed E-state index contributed by atoms with van der Waals surface area (Å²) >= 11 is 5.88. The molecule has 2 fully saturated rings. The van der Waals surface area contributed by atoms with Crippen LogP contribution in [0, 0.1) is 0 Å². The second-order valence-corrected chi connectivity index (χ2v) is 10.6. The first-order valence-electron chi connectivity index (χ1n) is 9.35. The second kappa shape index (κ2) is 7.97. The molecule has 1 atom stereocenters. The predicted octanol–water partition coefficient (Wildman–Crippen LogP) is 2.27. The van der Waals surface area contributed by atoms with Gasteiger partial charge in [0.05, 0.1) is 11.5 Å². The molecule has 1 aromatic carbocycles. The van der Waals surface area contributed by atoms with Crippen LogP contribution in [0.4, 0.5) is 0 Å². The van der Waals surface area contributed by atoms with E-state index in [2.05, 4.69) is 10.2 Å². The van der Waals surface area contributed by atoms with E-state index < -0.39 is 15.4 Å². The highest BCUT2D eigenvalue weighted by Gasteiger charge is 2.36. The van der Waals surface area contributed by atoms with Crippen LogP contribution < -0.4 is 10.1 Å². The number of likely N-dealkylation sites (tertiary alicyclic amines) is 1. The minimum Gasteiger partial charge on any atom is -0.478 e. The van der Waals surface area contributed by atoms with Crippen molar-refractivity contribution >= 4 is 27.3 Å². The predicted molar refractivity (Wildman–Crippen MR) is 106 cm³/mol. The minimum absolute atomic E-state index is 0.0832. The van der Waals surface area contributed by atoms with Crippen LogP contribution in [0.15, 0.2) is 24.3 Å². The zero-order valence-electron chi connectivity index (χ0n) is 15.8. The summed E-state index contributed by atoms with van der Waals surface area (Å²) in [5, 5.41) is 3.70. The lowest BCUT2D eigenvalue weighted by Crippen LogP contribution is -2.53. The summed E-state index contributed by atoms with van der Waals surface area (Å²) in [6.07, 6.45) is 2.36. The lowest BCUT2D eigenvalue weighted by atomic mass is 10.0. The van der Waals surface area contributed by atoms with Crippen LogP contribution in [0.5, 0.6) is 5.75 Å². The standard InChI is InChI=1S/C19H27ClN2O4S/c1-19(2,26-17-5-3-14(20)4-6-17)18(23)21-15-7-10-22(11-8-15)16-9-12-27(24,25)13-16/h3-6,15-16H,7-13H2,1-2H3,(H,21,23)/t16-/m0/s1. The molecule has 0 aliphatic carbocycles. The van der Waals surface area contributed by atoms with E-state index in [9.17, 15) is 13.2 Å². The van der Waals surface area contributed by atoms with Gasteiger partial charge in [0.15, 0.2) is 15.4 Å². The molecule has 6 nitrogen and oxygen atoms in total. The number of nitrogens with zero attached hydrogens (tertiary/aromatic N) is 1. The Hall–Kier alpha value is -1.31. The lowest BCUT2D eigenvalue weighted by molar-refractivity contribution is -0.135. The van der Waals surface area contributed by atoms with Crippen LogP contribution in [-0.4, -0.2) is 61.5 Å². The van der Waals surface area contributed by atoms with Gasteiger partial charge in [-0.15, -0.1) is 0 Å². The van der Waals surface area contributed by atoms with Crippen molar-refractivity contribution in [3.63, 3.8) is 0 Å². The van der Waals surface area contributed by atoms with Crippen molar-refractivity contribution < 1.29 is 17.9 Å². The molecule has 27 heavy (non-hydrogen) atoms. The summed E-state index contributed by atoms with van der Waals surface area (Å²) in [6.45, 7) is 5.11. The smallest absolute Gasteiger partial charge is 0.263 e. The van der Waals surface area contributed by atoms with Crippen LogP contribution in [0.25, 0.3) is 0 Å². The monoisotopic (exact) mass is 414 g/mol. The third-order valence-electron chi connectivity index (χ3n) is 5.32. The van der Waals surface area contributed by atoms with E-state index in [0.717, 1.165) is 32.4 Å². The van der Waals surface area contributed by atoms with E-state index in [-0.39, 0.29) is 23.7 Å². The maximum atomic E-state index is 12.7. The van der Waals surface area contributed by atoms with Crippen molar-refractivity contribution in [1.29, 1.82) is 0 Å². The molecule has 0 unspecified atom stereocenters. The molecule has 0 bridgehead atoms. The average Bonchev–Trinajstić information content (AvgIpc) is 2.97. The zero-order valence-corrected chi connectivity index (χ0v) is 17.4. The molecule has 0 aromatic heterocycles. The van der Waals surface area contributed by atoms with Crippen LogP contribution in [0.2, 0.25) is 5.02 Å². The second-order valence-electron chi connectivity index (χ2n) is 7.91. The summed E-state index contributed by atoms with van der Waals surface area (Å²) in [4.78, 5) is 14.9. The third kappa shape index (κ3) is 5.36. The van der Waals surface area contributed by atoms with Crippen LogP contribution in [0.1, 0.15) is 33.1 Å². The van der Waals surface area contributed by atoms with Gasteiger partial charge in [0.1, 0.15) is 5.75 Å². The first-order valence-corrected chi connectivity index (χ1v) is 11.5. The van der Waals surface area contributed by atoms with Crippen molar-refractivity contribution in [1.82, 2.24) is 10.2 Å². The molecule has 2 saturated heterocycles. The number of carbonyl (C=O) groups excluding carboxylic acids is 1. The number of piperidine rings is 1. The Morgan fingerprint density at radius 3 is 2.37 bits per heavy atom. The topological polar surface area (TPSA) is 75.7 Å². The summed E-state index contributed by atoms with van der Waals surface area (Å²) < 4.78 is 29.2. The fourth-order valence-corrected chi connectivity index (χ4v) is 5.56. The number of carbonyl (C=O) groups is 1. The molecule has 1 amide bonds. The van der Waals surface area contributed by atoms with Gasteiger partial charge >= 0.3 is 0 Å². The molecular weight excluding hydrogens is 388 g/mol. The van der Waals surface area contributed by atoms with Gasteiger partial charge < -0.3 is 10.1 Å². The Labute approximate surface area is 166 Å². The number of benzene rings is 1. The number of hydrogen-bond acceptors (Lipinski definition) is 5. The van der Waals surface area contributed by atoms with Crippen LogP contribution in [0.3, 0.4) is 0 Å². The van der Waals surface area contributed by atoms with Gasteiger partial charge in [0, 0.05) is 30.2 Å². The first-order chi connectivity index (χ1) is 12.6. The summed E-state index contributed by atoms with van der Waals surface area (Å²) in [7, 11) is -2.87. The zero-order chi connectivity index (χ0) is 19.7. The Balaban J connectivity index is 1.49. The Bertz CT molecular complexity index is 771. The van der Waals surface area contributed by atoms with Gasteiger partial charge in [0.25, 0.3) is 5.91 Å². The van der Waals surface area contributed by atoms with E-state index in [4.69, 9.17) is 16.3 Å². The molecule has 150 valence electrons. The van der Waals surface area contributed by atoms with E-state index >= 15 is 0 Å². The molecular formula is C19H27ClN2O4S. The normalized spacial score (nSPS) is 23.9. The summed E-state index contributed by atoms with van der Waals surface area (Å²) in [6, 6.07) is 7.15. The Morgan fingerprint density at radius 1 is 1.19 bits per heavy atom. The highest BCUT2D eigenvalue weighted by Crippen LogP contribution is 2.24. The van der Waals surface area contributed by atoms with Gasteiger partial charge in [-0.1, -0.05) is 11.6 Å². The summed E-state index contributed by atoms with van der Waals surface area (Å²) in [5.74, 6) is 1.01. The maximum Gasteiger partial charge on any atom is 0.263 e. The van der Waals surface area contributed by atoms with E-state index in [0.29, 0.717) is 16.5 Å². The summed E-state index contributed by atoms with van der Waals surface area (Å²) in [5.41, 5.74) is -0.996. The fourth-order valence-electron chi connectivity index (χ4n) is 3.68.